The Hall–Kier alpha value is -5.53. The SMILES string of the molecule is CCC1c2cccc3c2c(c2cccc4c(Br)ccc3c42)=CC1C1(c2ccc(P(=O)(c3ccccc3)c3ccccc3)cc2)c2ccccc2-c2ccccc21. The van der Waals surface area contributed by atoms with Crippen LogP contribution in [0.15, 0.2) is 186 Å². The second-order valence-corrected chi connectivity index (χ2v) is 19.1. The van der Waals surface area contributed by atoms with Crippen LogP contribution < -0.4 is 21.1 Å². The molecule has 1 nitrogen and oxygen atoms in total. The molecule has 2 aliphatic carbocycles. The molecule has 3 heteroatoms. The summed E-state index contributed by atoms with van der Waals surface area (Å²) < 4.78 is 16.7. The van der Waals surface area contributed by atoms with Crippen molar-refractivity contribution in [2.45, 2.75) is 24.7 Å². The molecule has 268 valence electrons. The van der Waals surface area contributed by atoms with Crippen LogP contribution in [-0.2, 0) is 9.98 Å². The minimum Gasteiger partial charge on any atom is -0.309 e. The summed E-state index contributed by atoms with van der Waals surface area (Å²) in [4.78, 5) is 0. The van der Waals surface area contributed by atoms with Crippen molar-refractivity contribution in [2.24, 2.45) is 5.92 Å². The molecule has 0 spiro atoms. The lowest BCUT2D eigenvalue weighted by Gasteiger charge is -2.45. The zero-order valence-corrected chi connectivity index (χ0v) is 33.5. The monoisotopic (exact) mass is 800 g/mol. The van der Waals surface area contributed by atoms with E-state index in [1.165, 1.54) is 70.9 Å². The molecule has 0 saturated carbocycles. The van der Waals surface area contributed by atoms with Gasteiger partial charge in [0.25, 0.3) is 0 Å². The molecule has 9 aromatic rings. The highest BCUT2D eigenvalue weighted by Gasteiger charge is 2.52. The van der Waals surface area contributed by atoms with Crippen molar-refractivity contribution in [3.05, 3.63) is 214 Å². The molecule has 0 radical (unpaired) electrons. The van der Waals surface area contributed by atoms with E-state index < -0.39 is 12.6 Å². The van der Waals surface area contributed by atoms with E-state index in [-0.39, 0.29) is 11.8 Å². The molecule has 0 aliphatic heterocycles. The number of benzene rings is 9. The van der Waals surface area contributed by atoms with Gasteiger partial charge in [-0.3, -0.25) is 0 Å². The van der Waals surface area contributed by atoms with Crippen LogP contribution in [-0.4, -0.2) is 0 Å². The van der Waals surface area contributed by atoms with Crippen molar-refractivity contribution < 1.29 is 4.57 Å². The van der Waals surface area contributed by atoms with Gasteiger partial charge in [-0.1, -0.05) is 205 Å². The van der Waals surface area contributed by atoms with Crippen LogP contribution in [0.5, 0.6) is 0 Å². The van der Waals surface area contributed by atoms with E-state index in [9.17, 15) is 0 Å². The Morgan fingerprint density at radius 1 is 0.518 bits per heavy atom. The molecule has 11 rings (SSSR count). The average molecular weight is 802 g/mol. The second kappa shape index (κ2) is 12.8. The first kappa shape index (κ1) is 33.8. The summed E-state index contributed by atoms with van der Waals surface area (Å²) in [6.45, 7) is 2.37. The molecule has 0 amide bonds. The Balaban J connectivity index is 1.23. The van der Waals surface area contributed by atoms with Crippen molar-refractivity contribution in [2.75, 3.05) is 0 Å². The molecule has 0 aromatic heterocycles. The second-order valence-electron chi connectivity index (χ2n) is 15.4. The molecule has 0 fully saturated rings. The fraction of sp³-hybridized carbons (Fsp3) is 0.0943. The van der Waals surface area contributed by atoms with Crippen LogP contribution in [0.25, 0.3) is 49.5 Å². The molecule has 0 saturated heterocycles. The van der Waals surface area contributed by atoms with Crippen molar-refractivity contribution in [1.29, 1.82) is 0 Å². The van der Waals surface area contributed by atoms with Crippen molar-refractivity contribution in [3.8, 4) is 11.1 Å². The molecule has 2 atom stereocenters. The maximum Gasteiger partial charge on any atom is 0.171 e. The molecule has 2 unspecified atom stereocenters. The lowest BCUT2D eigenvalue weighted by atomic mass is 9.57. The summed E-state index contributed by atoms with van der Waals surface area (Å²) in [6.07, 6.45) is 3.65. The van der Waals surface area contributed by atoms with Crippen molar-refractivity contribution in [3.63, 3.8) is 0 Å². The van der Waals surface area contributed by atoms with Gasteiger partial charge in [0, 0.05) is 26.3 Å². The van der Waals surface area contributed by atoms with E-state index in [2.05, 4.69) is 150 Å². The largest absolute Gasteiger partial charge is 0.309 e. The highest BCUT2D eigenvalue weighted by atomic mass is 79.9. The van der Waals surface area contributed by atoms with E-state index in [0.717, 1.165) is 26.8 Å². The van der Waals surface area contributed by atoms with Crippen LogP contribution in [0.4, 0.5) is 0 Å². The average Bonchev–Trinajstić information content (AvgIpc) is 3.57. The number of hydrogen-bond acceptors (Lipinski definition) is 1. The van der Waals surface area contributed by atoms with Gasteiger partial charge in [-0.25, -0.2) is 0 Å². The van der Waals surface area contributed by atoms with E-state index in [1.807, 2.05) is 60.7 Å². The summed E-state index contributed by atoms with van der Waals surface area (Å²) in [5.41, 5.74) is 7.39. The zero-order valence-electron chi connectivity index (χ0n) is 31.0. The lowest BCUT2D eigenvalue weighted by Crippen LogP contribution is -2.41. The molecule has 0 N–H and O–H groups in total. The molecule has 2 aliphatic rings. The van der Waals surface area contributed by atoms with Crippen LogP contribution in [0.3, 0.4) is 0 Å². The van der Waals surface area contributed by atoms with Crippen molar-refractivity contribution in [1.82, 2.24) is 0 Å². The molecule has 0 bridgehead atoms. The first-order valence-electron chi connectivity index (χ1n) is 19.6. The third-order valence-electron chi connectivity index (χ3n) is 13.0. The Morgan fingerprint density at radius 3 is 1.70 bits per heavy atom. The lowest BCUT2D eigenvalue weighted by molar-refractivity contribution is 0.392. The van der Waals surface area contributed by atoms with Gasteiger partial charge in [0.05, 0.1) is 5.41 Å². The fourth-order valence-electron chi connectivity index (χ4n) is 10.7. The minimum absolute atomic E-state index is 0.0833. The van der Waals surface area contributed by atoms with Crippen molar-refractivity contribution >= 4 is 77.4 Å². The Kier molecular flexibility index (Phi) is 7.69. The molecule has 56 heavy (non-hydrogen) atoms. The predicted molar refractivity (Wildman–Crippen MR) is 240 cm³/mol. The summed E-state index contributed by atoms with van der Waals surface area (Å²) in [5.74, 6) is 0.323. The summed E-state index contributed by atoms with van der Waals surface area (Å²) in [5, 5.41) is 11.7. The van der Waals surface area contributed by atoms with Gasteiger partial charge in [0.15, 0.2) is 7.14 Å². The maximum atomic E-state index is 15.6. The summed E-state index contributed by atoms with van der Waals surface area (Å²) >= 11 is 3.90. The molecular weight excluding hydrogens is 763 g/mol. The van der Waals surface area contributed by atoms with Gasteiger partial charge in [-0.15, -0.1) is 0 Å². The Labute approximate surface area is 335 Å². The van der Waals surface area contributed by atoms with Gasteiger partial charge in [-0.05, 0) is 89.3 Å². The topological polar surface area (TPSA) is 17.1 Å². The Bertz CT molecular complexity index is 3030. The van der Waals surface area contributed by atoms with Gasteiger partial charge in [0.2, 0.25) is 0 Å². The van der Waals surface area contributed by atoms with Crippen LogP contribution in [0.2, 0.25) is 0 Å². The quantitative estimate of drug-likeness (QED) is 0.0930. The van der Waals surface area contributed by atoms with Crippen LogP contribution in [0, 0.1) is 5.92 Å². The maximum absolute atomic E-state index is 15.6. The number of fused-ring (bicyclic) bond motifs is 5. The van der Waals surface area contributed by atoms with E-state index in [1.54, 1.807) is 0 Å². The minimum atomic E-state index is -3.16. The normalized spacial score (nSPS) is 16.8. The van der Waals surface area contributed by atoms with E-state index >= 15 is 4.57 Å². The third-order valence-corrected chi connectivity index (χ3v) is 16.7. The third kappa shape index (κ3) is 4.52. The molecule has 9 aromatic carbocycles. The van der Waals surface area contributed by atoms with Crippen LogP contribution in [0.1, 0.15) is 41.5 Å². The van der Waals surface area contributed by atoms with Crippen LogP contribution >= 0.6 is 23.1 Å². The molecular formula is C53H38BrOP. The van der Waals surface area contributed by atoms with Gasteiger partial charge in [0.1, 0.15) is 0 Å². The first-order valence-corrected chi connectivity index (χ1v) is 22.1. The smallest absolute Gasteiger partial charge is 0.171 e. The van der Waals surface area contributed by atoms with E-state index in [4.69, 9.17) is 0 Å². The van der Waals surface area contributed by atoms with Gasteiger partial charge in [-0.2, -0.15) is 0 Å². The predicted octanol–water partition coefficient (Wildman–Crippen LogP) is 12.2. The Morgan fingerprint density at radius 2 is 1.05 bits per heavy atom. The molecule has 0 heterocycles. The number of hydrogen-bond donors (Lipinski definition) is 0. The first-order chi connectivity index (χ1) is 27.5. The number of halogens is 1. The summed E-state index contributed by atoms with van der Waals surface area (Å²) in [7, 11) is -3.16. The van der Waals surface area contributed by atoms with Gasteiger partial charge < -0.3 is 4.57 Å². The fourth-order valence-corrected chi connectivity index (χ4v) is 13.8. The zero-order chi connectivity index (χ0) is 37.6. The van der Waals surface area contributed by atoms with E-state index in [0.29, 0.717) is 0 Å². The van der Waals surface area contributed by atoms with Gasteiger partial charge >= 0.3 is 0 Å². The summed E-state index contributed by atoms with van der Waals surface area (Å²) in [6, 6.07) is 65.4. The number of rotatable bonds is 6. The highest BCUT2D eigenvalue weighted by molar-refractivity contribution is 9.10. The highest BCUT2D eigenvalue weighted by Crippen LogP contribution is 2.61. The standard InChI is InChI=1S/C53H38BrOP/c1-2-38-41-21-13-22-42-44-31-32-50(54)45-24-14-23-43(51(44)45)46(52(41)42)33-49(38)53(47-25-11-9-19-39(47)40-20-10-12-26-48(40)53)34-27-29-37(30-28-34)56(55,35-15-5-3-6-16-35)36-17-7-4-8-18-36/h3-33,38,49H,2H2,1H3.